The lowest BCUT2D eigenvalue weighted by molar-refractivity contribution is -0.117. The van der Waals surface area contributed by atoms with Crippen molar-refractivity contribution < 1.29 is 9.53 Å². The van der Waals surface area contributed by atoms with E-state index in [-0.39, 0.29) is 18.0 Å². The average Bonchev–Trinajstić information content (AvgIpc) is 3.60. The van der Waals surface area contributed by atoms with Crippen molar-refractivity contribution in [1.82, 2.24) is 4.98 Å². The maximum absolute atomic E-state index is 12.8. The van der Waals surface area contributed by atoms with Gasteiger partial charge in [-0.25, -0.2) is 4.98 Å². The molecule has 1 amide bonds. The second kappa shape index (κ2) is 8.27. The summed E-state index contributed by atoms with van der Waals surface area (Å²) in [5.74, 6) is 2.48. The molecule has 0 radical (unpaired) electrons. The summed E-state index contributed by atoms with van der Waals surface area (Å²) in [5.41, 5.74) is 4.68. The molecule has 2 aromatic rings. The van der Waals surface area contributed by atoms with Crippen LogP contribution < -0.4 is 10.2 Å². The van der Waals surface area contributed by atoms with Gasteiger partial charge in [0.05, 0.1) is 6.04 Å². The predicted molar refractivity (Wildman–Crippen MR) is 123 cm³/mol. The molecule has 5 rings (SSSR count). The number of benzene rings is 1. The number of aryl methyl sites for hydroxylation is 1. The number of carbonyl (C=O) groups excluding carboxylic acids is 1. The van der Waals surface area contributed by atoms with Crippen molar-refractivity contribution in [2.45, 2.75) is 64.5 Å². The monoisotopic (exact) mass is 419 g/mol. The molecular weight excluding hydrogens is 386 g/mol. The number of amides is 1. The van der Waals surface area contributed by atoms with Crippen molar-refractivity contribution in [3.8, 4) is 0 Å². The molecule has 2 fully saturated rings. The maximum Gasteiger partial charge on any atom is 0.224 e. The van der Waals surface area contributed by atoms with Gasteiger partial charge in [-0.15, -0.1) is 0 Å². The van der Waals surface area contributed by atoms with Crippen LogP contribution in [0, 0.1) is 18.8 Å². The van der Waals surface area contributed by atoms with Crippen molar-refractivity contribution in [2.24, 2.45) is 11.8 Å². The normalized spacial score (nSPS) is 26.4. The number of nitrogens with zero attached hydrogens (tertiary/aromatic N) is 2. The standard InChI is InChI=1S/C26H33N3O2/c1-16-5-4-6-24(27-16)28-25-17(2)26(20-7-8-20)29(18(3)30)23-10-9-21(15-22(23)25)19-11-13-31-14-12-19/h4-6,9-10,15,17,19-20,25-26H,7-8,11-14H2,1-3H3,(H,27,28). The number of aromatic nitrogens is 1. The van der Waals surface area contributed by atoms with E-state index < -0.39 is 0 Å². The summed E-state index contributed by atoms with van der Waals surface area (Å²) >= 11 is 0. The Morgan fingerprint density at radius 1 is 1.13 bits per heavy atom. The Kier molecular flexibility index (Phi) is 5.47. The highest BCUT2D eigenvalue weighted by Gasteiger charge is 2.47. The minimum atomic E-state index is 0.130. The van der Waals surface area contributed by atoms with E-state index >= 15 is 0 Å². The minimum Gasteiger partial charge on any atom is -0.381 e. The first-order valence-corrected chi connectivity index (χ1v) is 11.7. The molecule has 5 heteroatoms. The highest BCUT2D eigenvalue weighted by molar-refractivity contribution is 5.94. The van der Waals surface area contributed by atoms with Gasteiger partial charge in [-0.3, -0.25) is 4.79 Å². The van der Waals surface area contributed by atoms with Crippen LogP contribution in [0.15, 0.2) is 36.4 Å². The Morgan fingerprint density at radius 2 is 1.90 bits per heavy atom. The smallest absolute Gasteiger partial charge is 0.224 e. The lowest BCUT2D eigenvalue weighted by Crippen LogP contribution is -2.51. The van der Waals surface area contributed by atoms with Gasteiger partial charge in [0.2, 0.25) is 5.91 Å². The molecule has 5 nitrogen and oxygen atoms in total. The first kappa shape index (κ1) is 20.5. The number of carbonyl (C=O) groups is 1. The molecule has 3 unspecified atom stereocenters. The number of ether oxygens (including phenoxy) is 1. The Balaban J connectivity index is 1.58. The Bertz CT molecular complexity index is 965. The third-order valence-corrected chi connectivity index (χ3v) is 7.34. The van der Waals surface area contributed by atoms with Crippen LogP contribution >= 0.6 is 0 Å². The topological polar surface area (TPSA) is 54.5 Å². The highest BCUT2D eigenvalue weighted by Crippen LogP contribution is 2.50. The molecule has 1 saturated heterocycles. The van der Waals surface area contributed by atoms with E-state index in [1.807, 2.05) is 19.1 Å². The minimum absolute atomic E-state index is 0.130. The molecule has 1 aromatic carbocycles. The van der Waals surface area contributed by atoms with Crippen LogP contribution in [0.4, 0.5) is 11.5 Å². The molecule has 1 N–H and O–H groups in total. The van der Waals surface area contributed by atoms with Gasteiger partial charge >= 0.3 is 0 Å². The van der Waals surface area contributed by atoms with E-state index in [4.69, 9.17) is 9.72 Å². The zero-order valence-electron chi connectivity index (χ0n) is 18.8. The summed E-state index contributed by atoms with van der Waals surface area (Å²) in [6, 6.07) is 13.3. The molecule has 2 aliphatic heterocycles. The summed E-state index contributed by atoms with van der Waals surface area (Å²) in [7, 11) is 0. The van der Waals surface area contributed by atoms with Crippen molar-refractivity contribution >= 4 is 17.4 Å². The number of fused-ring (bicyclic) bond motifs is 1. The number of hydrogen-bond acceptors (Lipinski definition) is 4. The zero-order chi connectivity index (χ0) is 21.5. The molecule has 0 spiro atoms. The van der Waals surface area contributed by atoms with E-state index in [2.05, 4.69) is 41.4 Å². The lowest BCUT2D eigenvalue weighted by Gasteiger charge is -2.46. The van der Waals surface area contributed by atoms with E-state index in [9.17, 15) is 4.79 Å². The van der Waals surface area contributed by atoms with Crippen LogP contribution in [0.5, 0.6) is 0 Å². The third kappa shape index (κ3) is 3.96. The average molecular weight is 420 g/mol. The van der Waals surface area contributed by atoms with Gasteiger partial charge in [0.25, 0.3) is 0 Å². The third-order valence-electron chi connectivity index (χ3n) is 7.34. The van der Waals surface area contributed by atoms with E-state index in [0.717, 1.165) is 43.3 Å². The maximum atomic E-state index is 12.8. The van der Waals surface area contributed by atoms with Crippen molar-refractivity contribution in [3.63, 3.8) is 0 Å². The number of rotatable bonds is 4. The Hall–Kier alpha value is -2.40. The number of pyridine rings is 1. The lowest BCUT2D eigenvalue weighted by atomic mass is 9.78. The fraction of sp³-hybridized carbons (Fsp3) is 0.538. The van der Waals surface area contributed by atoms with Gasteiger partial charge in [-0.1, -0.05) is 25.1 Å². The molecule has 3 heterocycles. The van der Waals surface area contributed by atoms with Crippen LogP contribution in [0.2, 0.25) is 0 Å². The number of hydrogen-bond donors (Lipinski definition) is 1. The Morgan fingerprint density at radius 3 is 2.58 bits per heavy atom. The van der Waals surface area contributed by atoms with Crippen molar-refractivity contribution in [1.29, 1.82) is 0 Å². The molecule has 3 aliphatic rings. The van der Waals surface area contributed by atoms with Gasteiger partial charge in [-0.2, -0.15) is 0 Å². The summed E-state index contributed by atoms with van der Waals surface area (Å²) in [5, 5.41) is 3.76. The molecule has 164 valence electrons. The molecular formula is C26H33N3O2. The number of anilines is 2. The predicted octanol–water partition coefficient (Wildman–Crippen LogP) is 5.22. The second-order valence-electron chi connectivity index (χ2n) is 9.57. The zero-order valence-corrected chi connectivity index (χ0v) is 18.8. The van der Waals surface area contributed by atoms with E-state index in [1.165, 1.54) is 24.0 Å². The summed E-state index contributed by atoms with van der Waals surface area (Å²) in [6.45, 7) is 7.70. The number of nitrogens with one attached hydrogen (secondary N) is 1. The second-order valence-corrected chi connectivity index (χ2v) is 9.57. The quantitative estimate of drug-likeness (QED) is 0.738. The Labute approximate surface area is 185 Å². The van der Waals surface area contributed by atoms with Crippen LogP contribution in [0.3, 0.4) is 0 Å². The fourth-order valence-corrected chi connectivity index (χ4v) is 5.65. The van der Waals surface area contributed by atoms with Gasteiger partial charge in [0.1, 0.15) is 5.82 Å². The van der Waals surface area contributed by atoms with E-state index in [1.54, 1.807) is 6.92 Å². The van der Waals surface area contributed by atoms with Crippen molar-refractivity contribution in [2.75, 3.05) is 23.4 Å². The SMILES string of the molecule is CC(=O)N1c2ccc(C3CCOCC3)cc2C(Nc2cccc(C)n2)C(C)C1C1CC1. The molecule has 0 bridgehead atoms. The largest absolute Gasteiger partial charge is 0.381 e. The van der Waals surface area contributed by atoms with Gasteiger partial charge in [-0.05, 0) is 73.8 Å². The van der Waals surface area contributed by atoms with Crippen LogP contribution in [-0.4, -0.2) is 30.1 Å². The van der Waals surface area contributed by atoms with Gasteiger partial charge < -0.3 is 15.0 Å². The molecule has 3 atom stereocenters. The first-order valence-electron chi connectivity index (χ1n) is 11.7. The summed E-state index contributed by atoms with van der Waals surface area (Å²) in [4.78, 5) is 19.6. The summed E-state index contributed by atoms with van der Waals surface area (Å²) < 4.78 is 5.58. The van der Waals surface area contributed by atoms with Crippen LogP contribution in [0.25, 0.3) is 0 Å². The van der Waals surface area contributed by atoms with Crippen LogP contribution in [-0.2, 0) is 9.53 Å². The highest BCUT2D eigenvalue weighted by atomic mass is 16.5. The molecule has 31 heavy (non-hydrogen) atoms. The first-order chi connectivity index (χ1) is 15.0. The van der Waals surface area contributed by atoms with Crippen LogP contribution in [0.1, 0.15) is 68.3 Å². The van der Waals surface area contributed by atoms with Gasteiger partial charge in [0, 0.05) is 43.5 Å². The molecule has 1 saturated carbocycles. The van der Waals surface area contributed by atoms with Crippen molar-refractivity contribution in [3.05, 3.63) is 53.2 Å². The van der Waals surface area contributed by atoms with E-state index in [0.29, 0.717) is 17.8 Å². The summed E-state index contributed by atoms with van der Waals surface area (Å²) in [6.07, 6.45) is 4.55. The van der Waals surface area contributed by atoms with Gasteiger partial charge in [0.15, 0.2) is 0 Å². The molecule has 1 aliphatic carbocycles. The molecule has 1 aromatic heterocycles. The fourth-order valence-electron chi connectivity index (χ4n) is 5.65.